The topological polar surface area (TPSA) is 20.2 Å². The smallest absolute Gasteiger partial charge is 0.148 e. The number of rotatable bonds is 3. The zero-order valence-corrected chi connectivity index (χ0v) is 10.4. The van der Waals surface area contributed by atoms with Gasteiger partial charge in [-0.3, -0.25) is 0 Å². The van der Waals surface area contributed by atoms with E-state index in [1.54, 1.807) is 6.92 Å². The minimum absolute atomic E-state index is 0.860. The average molecular weight is 216 g/mol. The molecule has 0 fully saturated rings. The molecule has 1 aromatic carbocycles. The largest absolute Gasteiger partial charge is 0.374 e. The Labute approximate surface area is 98.5 Å². The highest BCUT2D eigenvalue weighted by Gasteiger charge is 2.19. The normalized spacial score (nSPS) is 13.8. The SMILES string of the molecule is CCCCC#C[C@@](C)(O)c1ccc(C)cc1. The van der Waals surface area contributed by atoms with Gasteiger partial charge in [-0.2, -0.15) is 0 Å². The summed E-state index contributed by atoms with van der Waals surface area (Å²) < 4.78 is 0. The van der Waals surface area contributed by atoms with Crippen LogP contribution in [0, 0.1) is 18.8 Å². The molecule has 0 amide bonds. The molecule has 0 heterocycles. The van der Waals surface area contributed by atoms with Crippen molar-refractivity contribution in [2.45, 2.75) is 45.6 Å². The van der Waals surface area contributed by atoms with Gasteiger partial charge in [-0.05, 0) is 25.8 Å². The van der Waals surface area contributed by atoms with Crippen LogP contribution in [0.25, 0.3) is 0 Å². The lowest BCUT2D eigenvalue weighted by atomic mass is 9.95. The maximum atomic E-state index is 10.2. The quantitative estimate of drug-likeness (QED) is 0.606. The van der Waals surface area contributed by atoms with E-state index in [1.807, 2.05) is 31.2 Å². The number of hydrogen-bond acceptors (Lipinski definition) is 1. The monoisotopic (exact) mass is 216 g/mol. The van der Waals surface area contributed by atoms with Gasteiger partial charge in [0.15, 0.2) is 0 Å². The molecule has 0 saturated carbocycles. The highest BCUT2D eigenvalue weighted by Crippen LogP contribution is 2.19. The summed E-state index contributed by atoms with van der Waals surface area (Å²) in [7, 11) is 0. The summed E-state index contributed by atoms with van der Waals surface area (Å²) in [6, 6.07) is 7.86. The Morgan fingerprint density at radius 3 is 2.44 bits per heavy atom. The summed E-state index contributed by atoms with van der Waals surface area (Å²) in [5.74, 6) is 5.97. The zero-order chi connectivity index (χ0) is 12.0. The Hall–Kier alpha value is -1.26. The molecule has 1 aromatic rings. The van der Waals surface area contributed by atoms with E-state index >= 15 is 0 Å². The molecule has 0 bridgehead atoms. The first-order chi connectivity index (χ1) is 7.56. The molecule has 0 aliphatic carbocycles. The number of aryl methyl sites for hydroxylation is 1. The van der Waals surface area contributed by atoms with Crippen LogP contribution in [-0.2, 0) is 5.60 Å². The predicted molar refractivity (Wildman–Crippen MR) is 68.1 cm³/mol. The van der Waals surface area contributed by atoms with E-state index in [2.05, 4.69) is 18.8 Å². The fourth-order valence-corrected chi connectivity index (χ4v) is 1.45. The lowest BCUT2D eigenvalue weighted by Crippen LogP contribution is -2.18. The van der Waals surface area contributed by atoms with Crippen molar-refractivity contribution in [1.29, 1.82) is 0 Å². The summed E-state index contributed by atoms with van der Waals surface area (Å²) in [4.78, 5) is 0. The molecule has 0 saturated heterocycles. The third-order valence-electron chi connectivity index (χ3n) is 2.60. The lowest BCUT2D eigenvalue weighted by Gasteiger charge is -2.16. The minimum Gasteiger partial charge on any atom is -0.374 e. The van der Waals surface area contributed by atoms with Gasteiger partial charge in [0.25, 0.3) is 0 Å². The molecule has 0 aliphatic heterocycles. The van der Waals surface area contributed by atoms with Gasteiger partial charge >= 0.3 is 0 Å². The second-order valence-corrected chi connectivity index (χ2v) is 4.34. The molecule has 1 N–H and O–H groups in total. The van der Waals surface area contributed by atoms with Crippen LogP contribution < -0.4 is 0 Å². The van der Waals surface area contributed by atoms with Crippen molar-refractivity contribution in [3.05, 3.63) is 35.4 Å². The molecule has 0 aromatic heterocycles. The number of aliphatic hydroxyl groups is 1. The minimum atomic E-state index is -1.03. The molecule has 0 spiro atoms. The van der Waals surface area contributed by atoms with Crippen LogP contribution in [0.3, 0.4) is 0 Å². The molecular weight excluding hydrogens is 196 g/mol. The van der Waals surface area contributed by atoms with Crippen LogP contribution in [0.15, 0.2) is 24.3 Å². The Kier molecular flexibility index (Phi) is 4.58. The van der Waals surface area contributed by atoms with E-state index < -0.39 is 5.60 Å². The van der Waals surface area contributed by atoms with Crippen molar-refractivity contribution in [2.75, 3.05) is 0 Å². The Morgan fingerprint density at radius 1 is 1.25 bits per heavy atom. The van der Waals surface area contributed by atoms with Crippen molar-refractivity contribution in [1.82, 2.24) is 0 Å². The van der Waals surface area contributed by atoms with E-state index in [4.69, 9.17) is 0 Å². The summed E-state index contributed by atoms with van der Waals surface area (Å²) >= 11 is 0. The summed E-state index contributed by atoms with van der Waals surface area (Å²) in [6.07, 6.45) is 3.09. The maximum Gasteiger partial charge on any atom is 0.148 e. The van der Waals surface area contributed by atoms with Crippen LogP contribution in [-0.4, -0.2) is 5.11 Å². The predicted octanol–water partition coefficient (Wildman–Crippen LogP) is 3.40. The van der Waals surface area contributed by atoms with Gasteiger partial charge in [0.1, 0.15) is 5.60 Å². The highest BCUT2D eigenvalue weighted by atomic mass is 16.3. The number of benzene rings is 1. The molecule has 0 aliphatic rings. The number of hydrogen-bond donors (Lipinski definition) is 1. The van der Waals surface area contributed by atoms with Gasteiger partial charge in [0.2, 0.25) is 0 Å². The van der Waals surface area contributed by atoms with Gasteiger partial charge in [0.05, 0.1) is 0 Å². The standard InChI is InChI=1S/C15H20O/c1-4-5-6-7-12-15(3,16)14-10-8-13(2)9-11-14/h8-11,16H,4-6H2,1-3H3/t15-/m1/s1. The maximum absolute atomic E-state index is 10.2. The fourth-order valence-electron chi connectivity index (χ4n) is 1.45. The molecule has 1 atom stereocenters. The summed E-state index contributed by atoms with van der Waals surface area (Å²) in [5.41, 5.74) is 1.03. The van der Waals surface area contributed by atoms with Crippen LogP contribution in [0.5, 0.6) is 0 Å². The lowest BCUT2D eigenvalue weighted by molar-refractivity contribution is 0.122. The van der Waals surface area contributed by atoms with Gasteiger partial charge < -0.3 is 5.11 Å². The van der Waals surface area contributed by atoms with Crippen LogP contribution in [0.2, 0.25) is 0 Å². The molecule has 86 valence electrons. The van der Waals surface area contributed by atoms with E-state index in [0.717, 1.165) is 24.8 Å². The van der Waals surface area contributed by atoms with Gasteiger partial charge in [0, 0.05) is 6.42 Å². The fraction of sp³-hybridized carbons (Fsp3) is 0.467. The average Bonchev–Trinajstić information content (AvgIpc) is 2.25. The molecule has 1 rings (SSSR count). The Balaban J connectivity index is 2.75. The first-order valence-electron chi connectivity index (χ1n) is 5.86. The van der Waals surface area contributed by atoms with Crippen molar-refractivity contribution >= 4 is 0 Å². The third kappa shape index (κ3) is 3.72. The number of unbranched alkanes of at least 4 members (excludes halogenated alkanes) is 2. The van der Waals surface area contributed by atoms with Gasteiger partial charge in [-0.25, -0.2) is 0 Å². The van der Waals surface area contributed by atoms with E-state index in [-0.39, 0.29) is 0 Å². The molecule has 1 heteroatoms. The van der Waals surface area contributed by atoms with Gasteiger partial charge in [-0.15, -0.1) is 0 Å². The molecule has 1 nitrogen and oxygen atoms in total. The van der Waals surface area contributed by atoms with E-state index in [9.17, 15) is 5.11 Å². The summed E-state index contributed by atoms with van der Waals surface area (Å²) in [6.45, 7) is 5.92. The summed E-state index contributed by atoms with van der Waals surface area (Å²) in [5, 5.41) is 10.2. The van der Waals surface area contributed by atoms with Crippen molar-refractivity contribution in [3.63, 3.8) is 0 Å². The van der Waals surface area contributed by atoms with Crippen molar-refractivity contribution in [2.24, 2.45) is 0 Å². The Bertz CT molecular complexity index is 376. The van der Waals surface area contributed by atoms with E-state index in [0.29, 0.717) is 0 Å². The van der Waals surface area contributed by atoms with E-state index in [1.165, 1.54) is 5.56 Å². The van der Waals surface area contributed by atoms with Crippen LogP contribution in [0.4, 0.5) is 0 Å². The van der Waals surface area contributed by atoms with Gasteiger partial charge in [-0.1, -0.05) is 55.0 Å². The Morgan fingerprint density at radius 2 is 1.88 bits per heavy atom. The molecule has 0 radical (unpaired) electrons. The first-order valence-corrected chi connectivity index (χ1v) is 5.86. The van der Waals surface area contributed by atoms with Crippen LogP contribution >= 0.6 is 0 Å². The molecule has 16 heavy (non-hydrogen) atoms. The third-order valence-corrected chi connectivity index (χ3v) is 2.60. The second kappa shape index (κ2) is 5.72. The zero-order valence-electron chi connectivity index (χ0n) is 10.4. The van der Waals surface area contributed by atoms with Crippen molar-refractivity contribution < 1.29 is 5.11 Å². The highest BCUT2D eigenvalue weighted by molar-refractivity contribution is 5.32. The second-order valence-electron chi connectivity index (χ2n) is 4.34. The first kappa shape index (κ1) is 12.8. The molecular formula is C15H20O. The van der Waals surface area contributed by atoms with Crippen LogP contribution in [0.1, 0.15) is 44.2 Å². The molecule has 0 unspecified atom stereocenters. The van der Waals surface area contributed by atoms with Crippen molar-refractivity contribution in [3.8, 4) is 11.8 Å².